The number of pyridine rings is 1. The third-order valence-electron chi connectivity index (χ3n) is 7.86. The number of azo groups is 1. The number of hydrogen-bond acceptors (Lipinski definition) is 10. The van der Waals surface area contributed by atoms with E-state index in [9.17, 15) is 28.2 Å². The molecule has 5 rings (SSSR count). The molecule has 0 radical (unpaired) electrons. The monoisotopic (exact) mass is 698 g/mol. The van der Waals surface area contributed by atoms with Gasteiger partial charge in [-0.1, -0.05) is 38.1 Å². The number of sulfonamides is 1. The Kier molecular flexibility index (Phi) is 11.0. The van der Waals surface area contributed by atoms with Crippen LogP contribution in [0.4, 0.5) is 11.4 Å². The molecule has 0 aliphatic heterocycles. The van der Waals surface area contributed by atoms with Crippen LogP contribution >= 0.6 is 0 Å². The Morgan fingerprint density at radius 2 is 1.62 bits per heavy atom. The predicted octanol–water partition coefficient (Wildman–Crippen LogP) is 6.85. The Morgan fingerprint density at radius 3 is 2.28 bits per heavy atom. The second-order valence-electron chi connectivity index (χ2n) is 12.1. The van der Waals surface area contributed by atoms with Crippen molar-refractivity contribution in [2.75, 3.05) is 6.61 Å². The topological polar surface area (TPSA) is 188 Å². The summed E-state index contributed by atoms with van der Waals surface area (Å²) in [5.74, 6) is -1.55. The molecule has 5 aromatic rings. The van der Waals surface area contributed by atoms with Crippen LogP contribution in [-0.2, 0) is 32.5 Å². The number of rotatable bonds is 14. The van der Waals surface area contributed by atoms with Crippen LogP contribution < -0.4 is 0 Å². The van der Waals surface area contributed by atoms with Gasteiger partial charge in [0.1, 0.15) is 28.7 Å². The number of esters is 1. The van der Waals surface area contributed by atoms with Gasteiger partial charge in [0.25, 0.3) is 0 Å². The second kappa shape index (κ2) is 15.4. The van der Waals surface area contributed by atoms with Crippen LogP contribution in [0.5, 0.6) is 5.75 Å². The van der Waals surface area contributed by atoms with Gasteiger partial charge in [0.05, 0.1) is 34.1 Å². The minimum absolute atomic E-state index is 0.0188. The van der Waals surface area contributed by atoms with E-state index in [-0.39, 0.29) is 47.4 Å². The van der Waals surface area contributed by atoms with Crippen molar-refractivity contribution in [2.24, 2.45) is 16.1 Å². The highest BCUT2D eigenvalue weighted by molar-refractivity contribution is 7.89. The Labute approximate surface area is 289 Å². The Bertz CT molecular complexity index is 2130. The van der Waals surface area contributed by atoms with Crippen LogP contribution in [-0.4, -0.2) is 62.5 Å². The van der Waals surface area contributed by atoms with Gasteiger partial charge in [-0.2, -0.15) is 14.5 Å². The summed E-state index contributed by atoms with van der Waals surface area (Å²) in [6, 6.07) is 17.8. The van der Waals surface area contributed by atoms with Crippen molar-refractivity contribution in [2.45, 2.75) is 58.0 Å². The number of aromatic nitrogens is 3. The molecule has 0 saturated heterocycles. The summed E-state index contributed by atoms with van der Waals surface area (Å²) < 4.78 is 35.2. The smallest absolute Gasteiger partial charge is 0.339 e. The summed E-state index contributed by atoms with van der Waals surface area (Å²) in [7, 11) is -4.21. The van der Waals surface area contributed by atoms with Crippen LogP contribution in [0.25, 0.3) is 11.0 Å². The van der Waals surface area contributed by atoms with Crippen molar-refractivity contribution in [1.29, 1.82) is 0 Å². The van der Waals surface area contributed by atoms with Crippen LogP contribution in [0.3, 0.4) is 0 Å². The number of H-pyrrole nitrogens is 1. The fourth-order valence-electron chi connectivity index (χ4n) is 5.45. The first kappa shape index (κ1) is 35.8. The first-order valence-corrected chi connectivity index (χ1v) is 17.4. The normalized spacial score (nSPS) is 12.6. The fraction of sp³-hybridized carbons (Fsp3) is 0.278. The molecule has 1 atom stereocenters. The largest absolute Gasteiger partial charge is 0.507 e. The fourth-order valence-corrected chi connectivity index (χ4v) is 7.03. The van der Waals surface area contributed by atoms with Crippen molar-refractivity contribution in [3.63, 3.8) is 0 Å². The molecule has 0 aliphatic carbocycles. The number of nitrogens with one attached hydrogen (secondary N) is 1. The van der Waals surface area contributed by atoms with Gasteiger partial charge in [-0.05, 0) is 85.8 Å². The number of carboxylic acids is 1. The molecule has 13 nitrogen and oxygen atoms in total. The van der Waals surface area contributed by atoms with Gasteiger partial charge in [-0.15, -0.1) is 0 Å². The van der Waals surface area contributed by atoms with Crippen LogP contribution in [0.15, 0.2) is 94.1 Å². The van der Waals surface area contributed by atoms with E-state index in [2.05, 4.69) is 25.2 Å². The molecule has 50 heavy (non-hydrogen) atoms. The van der Waals surface area contributed by atoms with Crippen LogP contribution in [0, 0.1) is 12.8 Å². The summed E-state index contributed by atoms with van der Waals surface area (Å²) in [6.07, 6.45) is 2.39. The lowest BCUT2D eigenvalue weighted by Gasteiger charge is -2.30. The number of aromatic amines is 1. The van der Waals surface area contributed by atoms with E-state index in [0.29, 0.717) is 17.7 Å². The van der Waals surface area contributed by atoms with Crippen molar-refractivity contribution < 1.29 is 33.0 Å². The quantitative estimate of drug-likeness (QED) is 0.0824. The number of imidazole rings is 1. The maximum atomic E-state index is 14.3. The van der Waals surface area contributed by atoms with Gasteiger partial charge in [0.2, 0.25) is 10.0 Å². The van der Waals surface area contributed by atoms with Crippen LogP contribution in [0.1, 0.15) is 60.2 Å². The zero-order chi connectivity index (χ0) is 36.0. The molecule has 260 valence electrons. The number of fused-ring (bicyclic) bond motifs is 1. The lowest BCUT2D eigenvalue weighted by molar-refractivity contribution is -0.148. The number of carbonyl (C=O) groups excluding carboxylic acids is 1. The number of aromatic hydroxyl groups is 1. The standard InChI is InChI=1S/C36H38N6O7S/c1-5-49-36(46)32(18-22(2)3)42(21-25-6-10-26(11-7-25)40-41-27-12-15-33(43)29(20-27)35(44)45)50(47,48)28-13-8-24(9-14-28)19-31-34-30(16-17-37-31)38-23(4)39-34/h6-17,20,22,32,43H,5,18-19,21H2,1-4H3,(H,38,39)(H,44,45)/t32-/m0/s1. The van der Waals surface area contributed by atoms with E-state index < -0.39 is 28.0 Å². The lowest BCUT2D eigenvalue weighted by Crippen LogP contribution is -2.46. The van der Waals surface area contributed by atoms with Gasteiger partial charge in [-0.25, -0.2) is 18.2 Å². The molecule has 3 aromatic carbocycles. The Morgan fingerprint density at radius 1 is 0.960 bits per heavy atom. The Hall–Kier alpha value is -5.47. The minimum atomic E-state index is -4.21. The number of aromatic carboxylic acids is 1. The zero-order valence-corrected chi connectivity index (χ0v) is 28.9. The average molecular weight is 699 g/mol. The van der Waals surface area contributed by atoms with Crippen molar-refractivity contribution in [3.8, 4) is 5.75 Å². The zero-order valence-electron chi connectivity index (χ0n) is 28.1. The third kappa shape index (κ3) is 8.39. The number of benzene rings is 3. The molecule has 0 saturated carbocycles. The van der Waals surface area contributed by atoms with E-state index in [1.807, 2.05) is 26.8 Å². The predicted molar refractivity (Wildman–Crippen MR) is 186 cm³/mol. The van der Waals surface area contributed by atoms with Crippen LogP contribution in [0.2, 0.25) is 0 Å². The molecule has 2 heterocycles. The summed E-state index contributed by atoms with van der Waals surface area (Å²) in [5, 5.41) is 27.2. The number of phenols is 1. The molecule has 3 N–H and O–H groups in total. The summed E-state index contributed by atoms with van der Waals surface area (Å²) in [4.78, 5) is 36.9. The highest BCUT2D eigenvalue weighted by Gasteiger charge is 2.37. The number of carbonyl (C=O) groups is 2. The van der Waals surface area contributed by atoms with E-state index in [1.165, 1.54) is 34.6 Å². The first-order chi connectivity index (χ1) is 23.8. The van der Waals surface area contributed by atoms with Gasteiger partial charge in [0, 0.05) is 19.2 Å². The Balaban J connectivity index is 1.42. The number of carboxylic acid groups (broad SMARTS) is 1. The molecule has 0 aliphatic rings. The molecule has 2 aromatic heterocycles. The van der Waals surface area contributed by atoms with Gasteiger partial charge >= 0.3 is 11.9 Å². The molecule has 0 fully saturated rings. The number of nitrogens with zero attached hydrogens (tertiary/aromatic N) is 5. The molecule has 0 unspecified atom stereocenters. The van der Waals surface area contributed by atoms with E-state index in [4.69, 9.17) is 4.74 Å². The summed E-state index contributed by atoms with van der Waals surface area (Å²) >= 11 is 0. The van der Waals surface area contributed by atoms with Gasteiger partial charge < -0.3 is 19.9 Å². The molecule has 14 heteroatoms. The molecular formula is C36H38N6O7S. The molecular weight excluding hydrogens is 660 g/mol. The molecule has 0 amide bonds. The molecule has 0 bridgehead atoms. The average Bonchev–Trinajstić information content (AvgIpc) is 3.47. The highest BCUT2D eigenvalue weighted by Crippen LogP contribution is 2.29. The lowest BCUT2D eigenvalue weighted by atomic mass is 10.0. The minimum Gasteiger partial charge on any atom is -0.507 e. The SMILES string of the molecule is CCOC(=O)[C@H](CC(C)C)N(Cc1ccc(N=Nc2ccc(O)c(C(=O)O)c2)cc1)S(=O)(=O)c1ccc(Cc2nccc3[nH]c(C)nc23)cc1. The third-order valence-corrected chi connectivity index (χ3v) is 9.73. The van der Waals surface area contributed by atoms with Crippen molar-refractivity contribution in [3.05, 3.63) is 107 Å². The highest BCUT2D eigenvalue weighted by atomic mass is 32.2. The van der Waals surface area contributed by atoms with Crippen molar-refractivity contribution in [1.82, 2.24) is 19.3 Å². The molecule has 0 spiro atoms. The van der Waals surface area contributed by atoms with Gasteiger partial charge in [-0.3, -0.25) is 9.78 Å². The van der Waals surface area contributed by atoms with Crippen molar-refractivity contribution >= 4 is 44.4 Å². The van der Waals surface area contributed by atoms with E-state index in [0.717, 1.165) is 28.1 Å². The summed E-state index contributed by atoms with van der Waals surface area (Å²) in [5.41, 5.74) is 4.18. The van der Waals surface area contributed by atoms with E-state index in [1.54, 1.807) is 49.5 Å². The first-order valence-electron chi connectivity index (χ1n) is 16.0. The summed E-state index contributed by atoms with van der Waals surface area (Å²) in [6.45, 7) is 7.35. The maximum Gasteiger partial charge on any atom is 0.339 e. The van der Waals surface area contributed by atoms with E-state index >= 15 is 0 Å². The van der Waals surface area contributed by atoms with Gasteiger partial charge in [0.15, 0.2) is 0 Å². The number of hydrogen-bond donors (Lipinski definition) is 3. The maximum absolute atomic E-state index is 14.3. The number of aryl methyl sites for hydroxylation is 1. The number of ether oxygens (including phenoxy) is 1. The second-order valence-corrected chi connectivity index (χ2v) is 14.0.